The second-order valence-corrected chi connectivity index (χ2v) is 4.55. The highest BCUT2D eigenvalue weighted by molar-refractivity contribution is 6.28. The van der Waals surface area contributed by atoms with E-state index in [1.807, 2.05) is 19.9 Å². The summed E-state index contributed by atoms with van der Waals surface area (Å²) in [6.45, 7) is 5.14. The SMILES string of the molecule is CCCOc1nc(Cl)nc(NCc2cnccc2C)n1. The average Bonchev–Trinajstić information content (AvgIpc) is 2.44. The molecule has 0 saturated heterocycles. The van der Waals surface area contributed by atoms with Crippen LogP contribution in [-0.2, 0) is 6.54 Å². The third kappa shape index (κ3) is 4.03. The van der Waals surface area contributed by atoms with Gasteiger partial charge in [0, 0.05) is 18.9 Å². The zero-order valence-electron chi connectivity index (χ0n) is 11.4. The van der Waals surface area contributed by atoms with Gasteiger partial charge in [-0.1, -0.05) is 6.92 Å². The van der Waals surface area contributed by atoms with E-state index in [9.17, 15) is 0 Å². The second-order valence-electron chi connectivity index (χ2n) is 4.21. The summed E-state index contributed by atoms with van der Waals surface area (Å²) in [6.07, 6.45) is 4.44. The van der Waals surface area contributed by atoms with Crippen molar-refractivity contribution >= 4 is 17.5 Å². The molecule has 0 radical (unpaired) electrons. The van der Waals surface area contributed by atoms with Crippen molar-refractivity contribution in [2.75, 3.05) is 11.9 Å². The topological polar surface area (TPSA) is 72.8 Å². The monoisotopic (exact) mass is 293 g/mol. The molecule has 0 unspecified atom stereocenters. The van der Waals surface area contributed by atoms with Crippen LogP contribution in [0.25, 0.3) is 0 Å². The predicted octanol–water partition coefficient (Wildman–Crippen LogP) is 2.63. The molecular formula is C13H16ClN5O. The summed E-state index contributed by atoms with van der Waals surface area (Å²) in [4.78, 5) is 16.2. The van der Waals surface area contributed by atoms with Crippen LogP contribution >= 0.6 is 11.6 Å². The molecule has 0 fully saturated rings. The first-order valence-corrected chi connectivity index (χ1v) is 6.74. The van der Waals surface area contributed by atoms with Crippen LogP contribution in [0.1, 0.15) is 24.5 Å². The van der Waals surface area contributed by atoms with E-state index in [-0.39, 0.29) is 11.3 Å². The highest BCUT2D eigenvalue weighted by Crippen LogP contribution is 2.13. The Morgan fingerprint density at radius 3 is 2.90 bits per heavy atom. The van der Waals surface area contributed by atoms with Crippen LogP contribution in [0.4, 0.5) is 5.95 Å². The number of nitrogens with one attached hydrogen (secondary N) is 1. The Labute approximate surface area is 122 Å². The van der Waals surface area contributed by atoms with Crippen molar-refractivity contribution in [3.8, 4) is 6.01 Å². The van der Waals surface area contributed by atoms with Gasteiger partial charge in [0.15, 0.2) is 0 Å². The number of anilines is 1. The van der Waals surface area contributed by atoms with E-state index < -0.39 is 0 Å². The molecule has 0 aliphatic carbocycles. The minimum Gasteiger partial charge on any atom is -0.463 e. The summed E-state index contributed by atoms with van der Waals surface area (Å²) < 4.78 is 5.35. The number of hydrogen-bond donors (Lipinski definition) is 1. The Morgan fingerprint density at radius 2 is 2.15 bits per heavy atom. The van der Waals surface area contributed by atoms with Gasteiger partial charge in [0.2, 0.25) is 11.2 Å². The third-order valence-electron chi connectivity index (χ3n) is 2.61. The second kappa shape index (κ2) is 7.00. The van der Waals surface area contributed by atoms with Crippen LogP contribution in [0.3, 0.4) is 0 Å². The van der Waals surface area contributed by atoms with Gasteiger partial charge in [0.25, 0.3) is 0 Å². The Morgan fingerprint density at radius 1 is 1.30 bits per heavy atom. The molecule has 0 aliphatic rings. The van der Waals surface area contributed by atoms with Crippen molar-refractivity contribution in [2.24, 2.45) is 0 Å². The summed E-state index contributed by atoms with van der Waals surface area (Å²) in [6, 6.07) is 2.19. The van der Waals surface area contributed by atoms with E-state index in [4.69, 9.17) is 16.3 Å². The molecule has 1 N–H and O–H groups in total. The van der Waals surface area contributed by atoms with Crippen molar-refractivity contribution in [3.63, 3.8) is 0 Å². The zero-order chi connectivity index (χ0) is 14.4. The summed E-state index contributed by atoms with van der Waals surface area (Å²) >= 11 is 5.85. The molecule has 7 heteroatoms. The lowest BCUT2D eigenvalue weighted by Crippen LogP contribution is -2.08. The highest BCUT2D eigenvalue weighted by atomic mass is 35.5. The zero-order valence-corrected chi connectivity index (χ0v) is 12.2. The molecule has 0 amide bonds. The molecule has 2 heterocycles. The van der Waals surface area contributed by atoms with Crippen LogP contribution < -0.4 is 10.1 Å². The van der Waals surface area contributed by atoms with Gasteiger partial charge in [-0.15, -0.1) is 0 Å². The van der Waals surface area contributed by atoms with Gasteiger partial charge in [-0.25, -0.2) is 0 Å². The lowest BCUT2D eigenvalue weighted by molar-refractivity contribution is 0.291. The fraction of sp³-hybridized carbons (Fsp3) is 0.385. The van der Waals surface area contributed by atoms with Crippen molar-refractivity contribution in [1.29, 1.82) is 0 Å². The minimum atomic E-state index is 0.108. The molecule has 20 heavy (non-hydrogen) atoms. The van der Waals surface area contributed by atoms with Crippen molar-refractivity contribution < 1.29 is 4.74 Å². The first kappa shape index (κ1) is 14.5. The van der Waals surface area contributed by atoms with Crippen molar-refractivity contribution in [2.45, 2.75) is 26.8 Å². The summed E-state index contributed by atoms with van der Waals surface area (Å²) in [5.74, 6) is 0.388. The Bertz CT molecular complexity index is 578. The maximum absolute atomic E-state index is 5.85. The number of ether oxygens (including phenoxy) is 1. The first-order chi connectivity index (χ1) is 9.69. The molecule has 0 spiro atoms. The molecule has 2 rings (SSSR count). The first-order valence-electron chi connectivity index (χ1n) is 6.36. The molecule has 6 nitrogen and oxygen atoms in total. The predicted molar refractivity (Wildman–Crippen MR) is 76.9 cm³/mol. The van der Waals surface area contributed by atoms with E-state index >= 15 is 0 Å². The molecule has 0 bridgehead atoms. The van der Waals surface area contributed by atoms with Gasteiger partial charge in [-0.05, 0) is 42.1 Å². The van der Waals surface area contributed by atoms with E-state index in [1.165, 1.54) is 0 Å². The molecule has 0 saturated carbocycles. The van der Waals surface area contributed by atoms with Gasteiger partial charge in [-0.3, -0.25) is 4.98 Å². The Kier molecular flexibility index (Phi) is 5.06. The Hall–Kier alpha value is -1.95. The lowest BCUT2D eigenvalue weighted by Gasteiger charge is -2.08. The molecule has 106 valence electrons. The van der Waals surface area contributed by atoms with E-state index in [0.29, 0.717) is 19.1 Å². The minimum absolute atomic E-state index is 0.108. The fourth-order valence-corrected chi connectivity index (χ4v) is 1.68. The van der Waals surface area contributed by atoms with E-state index in [1.54, 1.807) is 12.4 Å². The van der Waals surface area contributed by atoms with Crippen molar-refractivity contribution in [3.05, 3.63) is 34.9 Å². The van der Waals surface area contributed by atoms with Gasteiger partial charge in [0.05, 0.1) is 6.61 Å². The summed E-state index contributed by atoms with van der Waals surface area (Å²) in [7, 11) is 0. The van der Waals surface area contributed by atoms with E-state index in [2.05, 4.69) is 25.3 Å². The molecule has 0 aliphatic heterocycles. The van der Waals surface area contributed by atoms with Gasteiger partial charge in [0.1, 0.15) is 0 Å². The highest BCUT2D eigenvalue weighted by Gasteiger charge is 2.06. The number of aryl methyl sites for hydroxylation is 1. The maximum Gasteiger partial charge on any atom is 0.322 e. The Balaban J connectivity index is 2.05. The average molecular weight is 294 g/mol. The maximum atomic E-state index is 5.85. The number of halogens is 1. The normalized spacial score (nSPS) is 10.3. The van der Waals surface area contributed by atoms with Crippen LogP contribution in [0.2, 0.25) is 5.28 Å². The lowest BCUT2D eigenvalue weighted by atomic mass is 10.2. The number of aromatic nitrogens is 4. The van der Waals surface area contributed by atoms with Gasteiger partial charge in [-0.2, -0.15) is 15.0 Å². The quantitative estimate of drug-likeness (QED) is 0.882. The van der Waals surface area contributed by atoms with E-state index in [0.717, 1.165) is 17.5 Å². The molecule has 2 aromatic rings. The standard InChI is InChI=1S/C13H16ClN5O/c1-3-6-20-13-18-11(14)17-12(19-13)16-8-10-7-15-5-4-9(10)2/h4-5,7H,3,6,8H2,1-2H3,(H,16,17,18,19). The van der Waals surface area contributed by atoms with Crippen LogP contribution in [0.15, 0.2) is 18.5 Å². The summed E-state index contributed by atoms with van der Waals surface area (Å²) in [5.41, 5.74) is 2.22. The molecule has 0 aromatic carbocycles. The molecule has 2 aromatic heterocycles. The van der Waals surface area contributed by atoms with Gasteiger partial charge < -0.3 is 10.1 Å². The smallest absolute Gasteiger partial charge is 0.322 e. The number of pyridine rings is 1. The molecule has 0 atom stereocenters. The largest absolute Gasteiger partial charge is 0.463 e. The summed E-state index contributed by atoms with van der Waals surface area (Å²) in [5, 5.41) is 3.20. The van der Waals surface area contributed by atoms with Gasteiger partial charge >= 0.3 is 6.01 Å². The van der Waals surface area contributed by atoms with Crippen molar-refractivity contribution in [1.82, 2.24) is 19.9 Å². The third-order valence-corrected chi connectivity index (χ3v) is 2.78. The molecular weight excluding hydrogens is 278 g/mol. The number of hydrogen-bond acceptors (Lipinski definition) is 6. The van der Waals surface area contributed by atoms with Crippen LogP contribution in [0, 0.1) is 6.92 Å². The van der Waals surface area contributed by atoms with Crippen LogP contribution in [-0.4, -0.2) is 26.5 Å². The number of rotatable bonds is 6. The fourth-order valence-electron chi connectivity index (χ4n) is 1.52. The number of nitrogens with zero attached hydrogens (tertiary/aromatic N) is 4. The van der Waals surface area contributed by atoms with Crippen LogP contribution in [0.5, 0.6) is 6.01 Å².